The molecular formula is C15H20N2O3S. The molecule has 1 amide bonds. The Labute approximate surface area is 128 Å². The molecule has 3 aliphatic heterocycles. The van der Waals surface area contributed by atoms with Crippen LogP contribution in [0.1, 0.15) is 16.8 Å². The van der Waals surface area contributed by atoms with E-state index in [1.54, 1.807) is 11.3 Å². The third-order valence-electron chi connectivity index (χ3n) is 4.76. The van der Waals surface area contributed by atoms with E-state index >= 15 is 0 Å². The van der Waals surface area contributed by atoms with Gasteiger partial charge in [-0.2, -0.15) is 11.3 Å². The molecule has 4 rings (SSSR count). The van der Waals surface area contributed by atoms with Gasteiger partial charge in [0.25, 0.3) is 5.91 Å². The molecule has 1 aromatic rings. The number of morpholine rings is 1. The molecule has 1 spiro atoms. The third kappa shape index (κ3) is 2.50. The zero-order valence-corrected chi connectivity index (χ0v) is 12.8. The maximum atomic E-state index is 12.3. The molecule has 0 N–H and O–H groups in total. The van der Waals surface area contributed by atoms with E-state index in [0.29, 0.717) is 6.04 Å². The Balaban J connectivity index is 1.33. The highest BCUT2D eigenvalue weighted by Crippen LogP contribution is 2.37. The van der Waals surface area contributed by atoms with E-state index in [4.69, 9.17) is 9.47 Å². The Morgan fingerprint density at radius 2 is 2.14 bits per heavy atom. The van der Waals surface area contributed by atoms with Crippen molar-refractivity contribution < 1.29 is 14.3 Å². The number of hydrogen-bond donors (Lipinski definition) is 0. The summed E-state index contributed by atoms with van der Waals surface area (Å²) in [6, 6.07) is 2.39. The molecule has 3 fully saturated rings. The molecule has 0 bridgehead atoms. The lowest BCUT2D eigenvalue weighted by Crippen LogP contribution is -2.63. The maximum Gasteiger partial charge on any atom is 0.254 e. The van der Waals surface area contributed by atoms with Gasteiger partial charge in [0.15, 0.2) is 0 Å². The molecule has 3 aliphatic rings. The lowest BCUT2D eigenvalue weighted by atomic mass is 9.88. The van der Waals surface area contributed by atoms with Gasteiger partial charge in [-0.05, 0) is 17.9 Å². The molecule has 1 unspecified atom stereocenters. The van der Waals surface area contributed by atoms with Crippen LogP contribution in [-0.2, 0) is 9.47 Å². The third-order valence-corrected chi connectivity index (χ3v) is 5.45. The monoisotopic (exact) mass is 308 g/mol. The van der Waals surface area contributed by atoms with Crippen LogP contribution < -0.4 is 0 Å². The van der Waals surface area contributed by atoms with E-state index in [1.807, 2.05) is 21.7 Å². The standard InChI is InChI=1S/C15H20N2O3S/c18-14(12-1-6-21-9-12)17-10-15(11-17)7-13(8-20-15)16-2-4-19-5-3-16/h1,6,9,13H,2-5,7-8,10-11H2. The van der Waals surface area contributed by atoms with Crippen molar-refractivity contribution in [3.63, 3.8) is 0 Å². The number of carbonyl (C=O) groups is 1. The number of rotatable bonds is 2. The minimum atomic E-state index is -0.0886. The number of likely N-dealkylation sites (tertiary alicyclic amines) is 1. The van der Waals surface area contributed by atoms with E-state index in [2.05, 4.69) is 4.90 Å². The molecule has 4 heterocycles. The van der Waals surface area contributed by atoms with Crippen LogP contribution in [0.4, 0.5) is 0 Å². The van der Waals surface area contributed by atoms with Crippen LogP contribution in [0.15, 0.2) is 16.8 Å². The topological polar surface area (TPSA) is 42.0 Å². The summed E-state index contributed by atoms with van der Waals surface area (Å²) in [5, 5.41) is 3.86. The summed E-state index contributed by atoms with van der Waals surface area (Å²) in [6.45, 7) is 5.92. The smallest absolute Gasteiger partial charge is 0.254 e. The predicted molar refractivity (Wildman–Crippen MR) is 79.7 cm³/mol. The zero-order valence-electron chi connectivity index (χ0n) is 12.0. The predicted octanol–water partition coefficient (Wildman–Crippen LogP) is 1.06. The van der Waals surface area contributed by atoms with Gasteiger partial charge in [0, 0.05) is 24.5 Å². The molecule has 3 saturated heterocycles. The van der Waals surface area contributed by atoms with Crippen LogP contribution in [0.2, 0.25) is 0 Å². The van der Waals surface area contributed by atoms with Crippen LogP contribution in [0.3, 0.4) is 0 Å². The van der Waals surface area contributed by atoms with Gasteiger partial charge >= 0.3 is 0 Å². The highest BCUT2D eigenvalue weighted by atomic mass is 32.1. The Bertz CT molecular complexity index is 507. The molecule has 0 aromatic carbocycles. The quantitative estimate of drug-likeness (QED) is 0.819. The Kier molecular flexibility index (Phi) is 3.49. The van der Waals surface area contributed by atoms with E-state index < -0.39 is 0 Å². The summed E-state index contributed by atoms with van der Waals surface area (Å²) in [5.74, 6) is 0.139. The summed E-state index contributed by atoms with van der Waals surface area (Å²) in [4.78, 5) is 16.6. The number of ether oxygens (including phenoxy) is 2. The first-order chi connectivity index (χ1) is 10.3. The van der Waals surface area contributed by atoms with Crippen molar-refractivity contribution in [1.82, 2.24) is 9.80 Å². The summed E-state index contributed by atoms with van der Waals surface area (Å²) in [7, 11) is 0. The normalized spacial score (nSPS) is 28.8. The van der Waals surface area contributed by atoms with Crippen molar-refractivity contribution in [2.24, 2.45) is 0 Å². The SMILES string of the molecule is O=C(c1ccsc1)N1CC2(CC(N3CCOCC3)CO2)C1. The average molecular weight is 308 g/mol. The van der Waals surface area contributed by atoms with Gasteiger partial charge in [-0.25, -0.2) is 0 Å². The van der Waals surface area contributed by atoms with Gasteiger partial charge in [0.05, 0.1) is 38.5 Å². The second-order valence-electron chi connectivity index (χ2n) is 6.17. The van der Waals surface area contributed by atoms with Crippen molar-refractivity contribution in [2.75, 3.05) is 46.0 Å². The summed E-state index contributed by atoms with van der Waals surface area (Å²) in [6.07, 6.45) is 1.04. The molecule has 1 aromatic heterocycles. The molecule has 21 heavy (non-hydrogen) atoms. The summed E-state index contributed by atoms with van der Waals surface area (Å²) >= 11 is 1.57. The fraction of sp³-hybridized carbons (Fsp3) is 0.667. The van der Waals surface area contributed by atoms with Gasteiger partial charge in [0.2, 0.25) is 0 Å². The van der Waals surface area contributed by atoms with Gasteiger partial charge in [-0.1, -0.05) is 0 Å². The van der Waals surface area contributed by atoms with Crippen LogP contribution in [0.5, 0.6) is 0 Å². The molecule has 5 nitrogen and oxygen atoms in total. The fourth-order valence-electron chi connectivity index (χ4n) is 3.58. The maximum absolute atomic E-state index is 12.3. The first kappa shape index (κ1) is 13.7. The largest absolute Gasteiger partial charge is 0.379 e. The second-order valence-corrected chi connectivity index (χ2v) is 6.95. The molecule has 0 saturated carbocycles. The molecule has 0 aliphatic carbocycles. The van der Waals surface area contributed by atoms with Gasteiger partial charge in [-0.3, -0.25) is 9.69 Å². The van der Waals surface area contributed by atoms with Crippen molar-refractivity contribution in [3.05, 3.63) is 22.4 Å². The highest BCUT2D eigenvalue weighted by Gasteiger charge is 2.52. The van der Waals surface area contributed by atoms with Gasteiger partial charge in [0.1, 0.15) is 5.60 Å². The minimum Gasteiger partial charge on any atom is -0.379 e. The number of hydrogen-bond acceptors (Lipinski definition) is 5. The Hall–Kier alpha value is -0.950. The minimum absolute atomic E-state index is 0.0886. The Morgan fingerprint density at radius 1 is 1.33 bits per heavy atom. The lowest BCUT2D eigenvalue weighted by molar-refractivity contribution is -0.0951. The lowest BCUT2D eigenvalue weighted by Gasteiger charge is -2.47. The first-order valence-corrected chi connectivity index (χ1v) is 8.47. The van der Waals surface area contributed by atoms with Crippen molar-refractivity contribution >= 4 is 17.2 Å². The number of thiophene rings is 1. The van der Waals surface area contributed by atoms with E-state index in [-0.39, 0.29) is 11.5 Å². The van der Waals surface area contributed by atoms with Gasteiger partial charge in [-0.15, -0.1) is 0 Å². The number of carbonyl (C=O) groups excluding carboxylic acids is 1. The van der Waals surface area contributed by atoms with Crippen molar-refractivity contribution in [2.45, 2.75) is 18.1 Å². The molecular weight excluding hydrogens is 288 g/mol. The Morgan fingerprint density at radius 3 is 2.86 bits per heavy atom. The fourth-order valence-corrected chi connectivity index (χ4v) is 4.21. The van der Waals surface area contributed by atoms with E-state index in [1.165, 1.54) is 0 Å². The molecule has 1 atom stereocenters. The van der Waals surface area contributed by atoms with Gasteiger partial charge < -0.3 is 14.4 Å². The van der Waals surface area contributed by atoms with E-state index in [9.17, 15) is 4.79 Å². The molecule has 0 radical (unpaired) electrons. The average Bonchev–Trinajstić information content (AvgIpc) is 3.15. The van der Waals surface area contributed by atoms with E-state index in [0.717, 1.165) is 58.0 Å². The molecule has 114 valence electrons. The zero-order chi connectivity index (χ0) is 14.3. The highest BCUT2D eigenvalue weighted by molar-refractivity contribution is 7.08. The number of amides is 1. The second kappa shape index (κ2) is 5.35. The van der Waals surface area contributed by atoms with Crippen LogP contribution in [0, 0.1) is 0 Å². The summed E-state index contributed by atoms with van der Waals surface area (Å²) in [5.41, 5.74) is 0.715. The van der Waals surface area contributed by atoms with Crippen molar-refractivity contribution in [1.29, 1.82) is 0 Å². The first-order valence-electron chi connectivity index (χ1n) is 7.53. The van der Waals surface area contributed by atoms with Crippen molar-refractivity contribution in [3.8, 4) is 0 Å². The molecule has 6 heteroatoms. The van der Waals surface area contributed by atoms with Crippen LogP contribution in [-0.4, -0.2) is 73.3 Å². The summed E-state index contributed by atoms with van der Waals surface area (Å²) < 4.78 is 11.5. The van der Waals surface area contributed by atoms with Crippen LogP contribution in [0.25, 0.3) is 0 Å². The number of nitrogens with zero attached hydrogens (tertiary/aromatic N) is 2. The van der Waals surface area contributed by atoms with Crippen LogP contribution >= 0.6 is 11.3 Å².